The van der Waals surface area contributed by atoms with E-state index in [1.54, 1.807) is 0 Å². The summed E-state index contributed by atoms with van der Waals surface area (Å²) in [7, 11) is 0. The van der Waals surface area contributed by atoms with Crippen LogP contribution in [0.3, 0.4) is 0 Å². The first kappa shape index (κ1) is 10.6. The molecule has 0 aromatic heterocycles. The molecule has 1 N–H and O–H groups in total. The van der Waals surface area contributed by atoms with Crippen molar-refractivity contribution >= 4 is 5.97 Å². The molecule has 0 saturated carbocycles. The average molecular weight is 211 g/mol. The van der Waals surface area contributed by atoms with Crippen molar-refractivity contribution in [2.75, 3.05) is 26.2 Å². The zero-order valence-corrected chi connectivity index (χ0v) is 8.82. The van der Waals surface area contributed by atoms with Gasteiger partial charge in [-0.2, -0.15) is 0 Å². The molecule has 0 bridgehead atoms. The molecule has 84 valence electrons. The standard InChI is InChI=1S/C11H17NO3/c13-11(14)9-3-5-12(6-4-9)8-10-2-1-7-15-10/h3,10H,1-2,4-8H2,(H,13,14). The zero-order chi connectivity index (χ0) is 10.7. The number of carboxylic acids is 1. The lowest BCUT2D eigenvalue weighted by atomic mass is 10.1. The number of hydrogen-bond donors (Lipinski definition) is 1. The van der Waals surface area contributed by atoms with Crippen molar-refractivity contribution in [1.82, 2.24) is 4.90 Å². The van der Waals surface area contributed by atoms with Crippen molar-refractivity contribution < 1.29 is 14.6 Å². The second-order valence-electron chi connectivity index (χ2n) is 4.18. The van der Waals surface area contributed by atoms with Crippen molar-refractivity contribution in [2.45, 2.75) is 25.4 Å². The highest BCUT2D eigenvalue weighted by molar-refractivity contribution is 5.86. The minimum absolute atomic E-state index is 0.366. The Hall–Kier alpha value is -0.870. The molecule has 0 aromatic carbocycles. The maximum Gasteiger partial charge on any atom is 0.331 e. The van der Waals surface area contributed by atoms with Crippen molar-refractivity contribution in [2.24, 2.45) is 0 Å². The Bertz CT molecular complexity index is 269. The SMILES string of the molecule is O=C(O)C1=CCN(CC2CCCO2)CC1. The fraction of sp³-hybridized carbons (Fsp3) is 0.727. The molecule has 2 aliphatic rings. The molecular formula is C11H17NO3. The monoisotopic (exact) mass is 211 g/mol. The number of rotatable bonds is 3. The van der Waals surface area contributed by atoms with Gasteiger partial charge in [0, 0.05) is 31.8 Å². The summed E-state index contributed by atoms with van der Waals surface area (Å²) < 4.78 is 5.55. The number of ether oxygens (including phenoxy) is 1. The van der Waals surface area contributed by atoms with Crippen molar-refractivity contribution in [3.8, 4) is 0 Å². The molecule has 0 radical (unpaired) electrons. The maximum absolute atomic E-state index is 10.7. The van der Waals surface area contributed by atoms with Gasteiger partial charge in [-0.3, -0.25) is 4.90 Å². The van der Waals surface area contributed by atoms with Gasteiger partial charge in [0.15, 0.2) is 0 Å². The van der Waals surface area contributed by atoms with Gasteiger partial charge in [-0.05, 0) is 19.3 Å². The largest absolute Gasteiger partial charge is 0.478 e. The minimum atomic E-state index is -0.772. The van der Waals surface area contributed by atoms with Crippen LogP contribution in [-0.4, -0.2) is 48.3 Å². The van der Waals surface area contributed by atoms with Gasteiger partial charge in [-0.25, -0.2) is 4.79 Å². The van der Waals surface area contributed by atoms with Gasteiger partial charge in [-0.1, -0.05) is 6.08 Å². The molecular weight excluding hydrogens is 194 g/mol. The lowest BCUT2D eigenvalue weighted by Crippen LogP contribution is -2.36. The Morgan fingerprint density at radius 1 is 1.67 bits per heavy atom. The number of hydrogen-bond acceptors (Lipinski definition) is 3. The van der Waals surface area contributed by atoms with Crippen LogP contribution >= 0.6 is 0 Å². The highest BCUT2D eigenvalue weighted by Crippen LogP contribution is 2.16. The first-order chi connectivity index (χ1) is 7.25. The predicted molar refractivity (Wildman–Crippen MR) is 55.7 cm³/mol. The van der Waals surface area contributed by atoms with Crippen LogP contribution in [0.15, 0.2) is 11.6 Å². The molecule has 1 unspecified atom stereocenters. The molecule has 2 aliphatic heterocycles. The summed E-state index contributed by atoms with van der Waals surface area (Å²) in [5.41, 5.74) is 0.554. The van der Waals surface area contributed by atoms with Crippen LogP contribution in [-0.2, 0) is 9.53 Å². The highest BCUT2D eigenvalue weighted by atomic mass is 16.5. The fourth-order valence-electron chi connectivity index (χ4n) is 2.15. The van der Waals surface area contributed by atoms with Crippen molar-refractivity contribution in [3.05, 3.63) is 11.6 Å². The van der Waals surface area contributed by atoms with Crippen molar-refractivity contribution in [1.29, 1.82) is 0 Å². The van der Waals surface area contributed by atoms with E-state index in [0.29, 0.717) is 18.1 Å². The highest BCUT2D eigenvalue weighted by Gasteiger charge is 2.21. The smallest absolute Gasteiger partial charge is 0.331 e. The number of nitrogens with zero attached hydrogens (tertiary/aromatic N) is 1. The summed E-state index contributed by atoms with van der Waals surface area (Å²) in [5, 5.41) is 8.80. The van der Waals surface area contributed by atoms with Gasteiger partial charge >= 0.3 is 5.97 Å². The van der Waals surface area contributed by atoms with Gasteiger partial charge in [0.05, 0.1) is 6.10 Å². The molecule has 1 saturated heterocycles. The minimum Gasteiger partial charge on any atom is -0.478 e. The summed E-state index contributed by atoms with van der Waals surface area (Å²) in [6.07, 6.45) is 5.15. The fourth-order valence-corrected chi connectivity index (χ4v) is 2.15. The summed E-state index contributed by atoms with van der Waals surface area (Å²) >= 11 is 0. The lowest BCUT2D eigenvalue weighted by Gasteiger charge is -2.27. The number of carboxylic acid groups (broad SMARTS) is 1. The van der Waals surface area contributed by atoms with Crippen LogP contribution in [0.25, 0.3) is 0 Å². The molecule has 2 rings (SSSR count). The first-order valence-electron chi connectivity index (χ1n) is 5.52. The van der Waals surface area contributed by atoms with Gasteiger partial charge < -0.3 is 9.84 Å². The van der Waals surface area contributed by atoms with E-state index < -0.39 is 5.97 Å². The van der Waals surface area contributed by atoms with E-state index in [1.165, 1.54) is 0 Å². The molecule has 1 fully saturated rings. The van der Waals surface area contributed by atoms with Crippen LogP contribution in [0.4, 0.5) is 0 Å². The van der Waals surface area contributed by atoms with Crippen LogP contribution in [0, 0.1) is 0 Å². The number of carbonyl (C=O) groups is 1. The molecule has 0 spiro atoms. The van der Waals surface area contributed by atoms with E-state index in [2.05, 4.69) is 4.90 Å². The van der Waals surface area contributed by atoms with E-state index in [-0.39, 0.29) is 0 Å². The van der Waals surface area contributed by atoms with E-state index in [9.17, 15) is 4.79 Å². The number of aliphatic carboxylic acids is 1. The Balaban J connectivity index is 1.80. The lowest BCUT2D eigenvalue weighted by molar-refractivity contribution is -0.133. The molecule has 4 heteroatoms. The summed E-state index contributed by atoms with van der Waals surface area (Å²) in [4.78, 5) is 13.0. The van der Waals surface area contributed by atoms with Gasteiger partial charge in [0.2, 0.25) is 0 Å². The van der Waals surface area contributed by atoms with Gasteiger partial charge in [0.1, 0.15) is 0 Å². The molecule has 15 heavy (non-hydrogen) atoms. The molecule has 1 atom stereocenters. The van der Waals surface area contributed by atoms with Crippen LogP contribution < -0.4 is 0 Å². The first-order valence-corrected chi connectivity index (χ1v) is 5.52. The van der Waals surface area contributed by atoms with Gasteiger partial charge in [-0.15, -0.1) is 0 Å². The van der Waals surface area contributed by atoms with E-state index in [0.717, 1.165) is 39.1 Å². The second-order valence-corrected chi connectivity index (χ2v) is 4.18. The molecule has 4 nitrogen and oxygen atoms in total. The predicted octanol–water partition coefficient (Wildman–Crippen LogP) is 0.882. The van der Waals surface area contributed by atoms with E-state index >= 15 is 0 Å². The second kappa shape index (κ2) is 4.77. The Kier molecular flexibility index (Phi) is 3.38. The van der Waals surface area contributed by atoms with Crippen LogP contribution in [0.1, 0.15) is 19.3 Å². The molecule has 0 aliphatic carbocycles. The topological polar surface area (TPSA) is 49.8 Å². The normalized spacial score (nSPS) is 27.7. The molecule has 2 heterocycles. The van der Waals surface area contributed by atoms with Crippen molar-refractivity contribution in [3.63, 3.8) is 0 Å². The van der Waals surface area contributed by atoms with Crippen LogP contribution in [0.2, 0.25) is 0 Å². The van der Waals surface area contributed by atoms with E-state index in [1.807, 2.05) is 6.08 Å². The average Bonchev–Trinajstić information content (AvgIpc) is 2.71. The van der Waals surface area contributed by atoms with E-state index in [4.69, 9.17) is 9.84 Å². The Morgan fingerprint density at radius 3 is 3.07 bits per heavy atom. The third-order valence-electron chi connectivity index (χ3n) is 3.05. The zero-order valence-electron chi connectivity index (χ0n) is 8.82. The summed E-state index contributed by atoms with van der Waals surface area (Å²) in [5.74, 6) is -0.772. The molecule has 0 amide bonds. The van der Waals surface area contributed by atoms with Crippen LogP contribution in [0.5, 0.6) is 0 Å². The summed E-state index contributed by atoms with van der Waals surface area (Å²) in [6.45, 7) is 3.43. The van der Waals surface area contributed by atoms with Gasteiger partial charge in [0.25, 0.3) is 0 Å². The Labute approximate surface area is 89.5 Å². The third-order valence-corrected chi connectivity index (χ3v) is 3.05. The molecule has 0 aromatic rings. The Morgan fingerprint density at radius 2 is 2.53 bits per heavy atom. The maximum atomic E-state index is 10.7. The third kappa shape index (κ3) is 2.79. The quantitative estimate of drug-likeness (QED) is 0.753. The summed E-state index contributed by atoms with van der Waals surface area (Å²) in [6, 6.07) is 0.